The standard InChI is InChI=1S/C14H13ClN2/c15-14-3-1-2-11-10-17(9-6-13(11)14)12-4-7-16-8-5-12/h1-5,7-8H,6,9-10H2. The minimum Gasteiger partial charge on any atom is -0.367 e. The molecule has 2 nitrogen and oxygen atoms in total. The molecule has 0 radical (unpaired) electrons. The van der Waals surface area contributed by atoms with Crippen LogP contribution < -0.4 is 4.90 Å². The molecule has 3 rings (SSSR count). The molecule has 0 spiro atoms. The Bertz CT molecular complexity index is 525. The van der Waals surface area contributed by atoms with Crippen molar-refractivity contribution in [2.75, 3.05) is 11.4 Å². The van der Waals surface area contributed by atoms with Crippen LogP contribution in [0.2, 0.25) is 5.02 Å². The average molecular weight is 245 g/mol. The van der Waals surface area contributed by atoms with Crippen molar-refractivity contribution in [3.8, 4) is 0 Å². The molecule has 0 saturated carbocycles. The zero-order chi connectivity index (χ0) is 11.7. The van der Waals surface area contributed by atoms with Gasteiger partial charge in [0.25, 0.3) is 0 Å². The summed E-state index contributed by atoms with van der Waals surface area (Å²) in [5, 5.41) is 0.900. The molecule has 1 aliphatic heterocycles. The third kappa shape index (κ3) is 2.01. The first kappa shape index (κ1) is 10.6. The van der Waals surface area contributed by atoms with Crippen LogP contribution in [-0.2, 0) is 13.0 Å². The summed E-state index contributed by atoms with van der Waals surface area (Å²) in [7, 11) is 0. The number of benzene rings is 1. The molecule has 0 amide bonds. The number of pyridine rings is 1. The van der Waals surface area contributed by atoms with E-state index in [2.05, 4.69) is 28.1 Å². The summed E-state index contributed by atoms with van der Waals surface area (Å²) in [5.41, 5.74) is 3.87. The molecule has 2 heterocycles. The molecular weight excluding hydrogens is 232 g/mol. The van der Waals surface area contributed by atoms with Gasteiger partial charge < -0.3 is 4.90 Å². The number of halogens is 1. The van der Waals surface area contributed by atoms with Crippen LogP contribution in [0.1, 0.15) is 11.1 Å². The summed E-state index contributed by atoms with van der Waals surface area (Å²) in [6.07, 6.45) is 4.68. The Morgan fingerprint density at radius 1 is 1.12 bits per heavy atom. The number of aromatic nitrogens is 1. The number of fused-ring (bicyclic) bond motifs is 1. The van der Waals surface area contributed by atoms with Gasteiger partial charge in [-0.15, -0.1) is 0 Å². The summed E-state index contributed by atoms with van der Waals surface area (Å²) in [6.45, 7) is 1.95. The van der Waals surface area contributed by atoms with E-state index in [0.717, 1.165) is 24.5 Å². The zero-order valence-electron chi connectivity index (χ0n) is 9.44. The van der Waals surface area contributed by atoms with Gasteiger partial charge in [0.2, 0.25) is 0 Å². The lowest BCUT2D eigenvalue weighted by molar-refractivity contribution is 0.731. The molecule has 2 aromatic rings. The molecule has 0 unspecified atom stereocenters. The molecule has 17 heavy (non-hydrogen) atoms. The second kappa shape index (κ2) is 4.38. The van der Waals surface area contributed by atoms with Gasteiger partial charge in [-0.2, -0.15) is 0 Å². The van der Waals surface area contributed by atoms with E-state index < -0.39 is 0 Å². The quantitative estimate of drug-likeness (QED) is 0.765. The van der Waals surface area contributed by atoms with E-state index in [1.807, 2.05) is 24.5 Å². The number of nitrogens with zero attached hydrogens (tertiary/aromatic N) is 2. The van der Waals surface area contributed by atoms with Gasteiger partial charge in [0.15, 0.2) is 0 Å². The minimum atomic E-state index is 0.900. The van der Waals surface area contributed by atoms with E-state index in [0.29, 0.717) is 0 Å². The van der Waals surface area contributed by atoms with Gasteiger partial charge in [-0.3, -0.25) is 4.98 Å². The van der Waals surface area contributed by atoms with Crippen molar-refractivity contribution < 1.29 is 0 Å². The van der Waals surface area contributed by atoms with Gasteiger partial charge in [-0.1, -0.05) is 23.7 Å². The number of anilines is 1. The maximum absolute atomic E-state index is 6.21. The molecule has 0 atom stereocenters. The summed E-state index contributed by atoms with van der Waals surface area (Å²) >= 11 is 6.21. The zero-order valence-corrected chi connectivity index (χ0v) is 10.2. The predicted molar refractivity (Wildman–Crippen MR) is 70.4 cm³/mol. The van der Waals surface area contributed by atoms with Crippen LogP contribution in [0.4, 0.5) is 5.69 Å². The Morgan fingerprint density at radius 2 is 1.94 bits per heavy atom. The maximum atomic E-state index is 6.21. The van der Waals surface area contributed by atoms with Crippen molar-refractivity contribution in [2.24, 2.45) is 0 Å². The topological polar surface area (TPSA) is 16.1 Å². The first-order valence-corrected chi connectivity index (χ1v) is 6.13. The van der Waals surface area contributed by atoms with E-state index in [1.54, 1.807) is 0 Å². The Hall–Kier alpha value is -1.54. The van der Waals surface area contributed by atoms with Crippen LogP contribution in [-0.4, -0.2) is 11.5 Å². The van der Waals surface area contributed by atoms with Crippen LogP contribution in [0.3, 0.4) is 0 Å². The van der Waals surface area contributed by atoms with Crippen molar-refractivity contribution in [1.29, 1.82) is 0 Å². The third-order valence-corrected chi connectivity index (χ3v) is 3.59. The molecule has 0 bridgehead atoms. The monoisotopic (exact) mass is 244 g/mol. The fraction of sp³-hybridized carbons (Fsp3) is 0.214. The molecule has 0 aliphatic carbocycles. The maximum Gasteiger partial charge on any atom is 0.0442 e. The van der Waals surface area contributed by atoms with Crippen molar-refractivity contribution in [3.63, 3.8) is 0 Å². The lowest BCUT2D eigenvalue weighted by Gasteiger charge is -2.31. The molecule has 86 valence electrons. The molecule has 1 aromatic carbocycles. The van der Waals surface area contributed by atoms with Crippen LogP contribution in [0.5, 0.6) is 0 Å². The van der Waals surface area contributed by atoms with Crippen molar-refractivity contribution in [1.82, 2.24) is 4.98 Å². The van der Waals surface area contributed by atoms with Gasteiger partial charge in [-0.05, 0) is 35.7 Å². The molecular formula is C14H13ClN2. The molecule has 0 saturated heterocycles. The number of rotatable bonds is 1. The van der Waals surface area contributed by atoms with Gasteiger partial charge in [0.1, 0.15) is 0 Å². The second-order valence-corrected chi connectivity index (χ2v) is 4.66. The van der Waals surface area contributed by atoms with E-state index >= 15 is 0 Å². The third-order valence-electron chi connectivity index (χ3n) is 3.24. The van der Waals surface area contributed by atoms with Crippen LogP contribution in [0, 0.1) is 0 Å². The highest BCUT2D eigenvalue weighted by Crippen LogP contribution is 2.28. The van der Waals surface area contributed by atoms with Gasteiger partial charge in [-0.25, -0.2) is 0 Å². The first-order chi connectivity index (χ1) is 8.34. The molecule has 0 fully saturated rings. The Labute approximate surface area is 106 Å². The predicted octanol–water partition coefficient (Wildman–Crippen LogP) is 3.30. The second-order valence-electron chi connectivity index (χ2n) is 4.25. The molecule has 1 aromatic heterocycles. The Morgan fingerprint density at radius 3 is 2.76 bits per heavy atom. The number of hydrogen-bond acceptors (Lipinski definition) is 2. The van der Waals surface area contributed by atoms with Crippen LogP contribution in [0.25, 0.3) is 0 Å². The smallest absolute Gasteiger partial charge is 0.0442 e. The normalized spacial score (nSPS) is 14.5. The van der Waals surface area contributed by atoms with Gasteiger partial charge in [0.05, 0.1) is 0 Å². The summed E-state index contributed by atoms with van der Waals surface area (Å²) < 4.78 is 0. The minimum absolute atomic E-state index is 0.900. The summed E-state index contributed by atoms with van der Waals surface area (Å²) in [4.78, 5) is 6.41. The Balaban J connectivity index is 1.91. The van der Waals surface area contributed by atoms with E-state index in [-0.39, 0.29) is 0 Å². The lowest BCUT2D eigenvalue weighted by Crippen LogP contribution is -2.30. The van der Waals surface area contributed by atoms with Crippen LogP contribution in [0.15, 0.2) is 42.7 Å². The fourth-order valence-corrected chi connectivity index (χ4v) is 2.63. The SMILES string of the molecule is Clc1cccc2c1CCN(c1ccncc1)C2. The van der Waals surface area contributed by atoms with Crippen LogP contribution >= 0.6 is 11.6 Å². The van der Waals surface area contributed by atoms with Gasteiger partial charge in [0, 0.05) is 36.2 Å². The highest BCUT2D eigenvalue weighted by Gasteiger charge is 2.17. The van der Waals surface area contributed by atoms with Crippen molar-refractivity contribution in [3.05, 3.63) is 58.9 Å². The highest BCUT2D eigenvalue weighted by atomic mass is 35.5. The van der Waals surface area contributed by atoms with E-state index in [4.69, 9.17) is 11.6 Å². The van der Waals surface area contributed by atoms with E-state index in [9.17, 15) is 0 Å². The molecule has 0 N–H and O–H groups in total. The van der Waals surface area contributed by atoms with Gasteiger partial charge >= 0.3 is 0 Å². The average Bonchev–Trinajstić information content (AvgIpc) is 2.40. The summed E-state index contributed by atoms with van der Waals surface area (Å²) in [6, 6.07) is 10.3. The molecule has 3 heteroatoms. The number of hydrogen-bond donors (Lipinski definition) is 0. The highest BCUT2D eigenvalue weighted by molar-refractivity contribution is 6.31. The Kier molecular flexibility index (Phi) is 2.73. The van der Waals surface area contributed by atoms with Crippen molar-refractivity contribution >= 4 is 17.3 Å². The van der Waals surface area contributed by atoms with Crippen molar-refractivity contribution in [2.45, 2.75) is 13.0 Å². The van der Waals surface area contributed by atoms with E-state index in [1.165, 1.54) is 16.8 Å². The fourth-order valence-electron chi connectivity index (χ4n) is 2.34. The molecule has 1 aliphatic rings. The largest absolute Gasteiger partial charge is 0.367 e. The summed E-state index contributed by atoms with van der Waals surface area (Å²) in [5.74, 6) is 0. The lowest BCUT2D eigenvalue weighted by atomic mass is 9.99. The first-order valence-electron chi connectivity index (χ1n) is 5.76.